The molecule has 4 atom stereocenters. The van der Waals surface area contributed by atoms with Gasteiger partial charge in [-0.1, -0.05) is 6.92 Å². The lowest BCUT2D eigenvalue weighted by Crippen LogP contribution is -2.36. The molecule has 2 aliphatic carbocycles. The lowest BCUT2D eigenvalue weighted by Gasteiger charge is -2.21. The summed E-state index contributed by atoms with van der Waals surface area (Å²) < 4.78 is 0. The van der Waals surface area contributed by atoms with Gasteiger partial charge in [-0.05, 0) is 58.5 Å². The van der Waals surface area contributed by atoms with Gasteiger partial charge in [-0.15, -0.1) is 0 Å². The molecule has 2 fully saturated rings. The van der Waals surface area contributed by atoms with Crippen molar-refractivity contribution in [2.24, 2.45) is 5.92 Å². The summed E-state index contributed by atoms with van der Waals surface area (Å²) in [7, 11) is 4.43. The van der Waals surface area contributed by atoms with E-state index in [-0.39, 0.29) is 0 Å². The van der Waals surface area contributed by atoms with E-state index in [9.17, 15) is 0 Å². The molecular weight excluding hydrogens is 184 g/mol. The molecule has 0 aromatic carbocycles. The SMILES string of the molecule is CC1CCC(NC2CCC(N(C)C)C2)C1. The molecule has 88 valence electrons. The molecule has 0 aromatic heterocycles. The number of hydrogen-bond acceptors (Lipinski definition) is 2. The topological polar surface area (TPSA) is 15.3 Å². The minimum atomic E-state index is 0.799. The van der Waals surface area contributed by atoms with E-state index in [1.807, 2.05) is 0 Å². The van der Waals surface area contributed by atoms with Crippen LogP contribution in [0.1, 0.15) is 45.4 Å². The van der Waals surface area contributed by atoms with Crippen molar-refractivity contribution in [1.29, 1.82) is 0 Å². The third-order valence-corrected chi connectivity index (χ3v) is 4.30. The van der Waals surface area contributed by atoms with E-state index >= 15 is 0 Å². The molecule has 2 aliphatic rings. The Morgan fingerprint density at radius 3 is 2.13 bits per heavy atom. The number of rotatable bonds is 3. The van der Waals surface area contributed by atoms with Gasteiger partial charge >= 0.3 is 0 Å². The first-order chi connectivity index (χ1) is 7.15. The predicted molar refractivity (Wildman–Crippen MR) is 65.1 cm³/mol. The van der Waals surface area contributed by atoms with Crippen LogP contribution in [0.4, 0.5) is 0 Å². The molecule has 0 aliphatic heterocycles. The monoisotopic (exact) mass is 210 g/mol. The predicted octanol–water partition coefficient (Wildman–Crippen LogP) is 2.25. The van der Waals surface area contributed by atoms with Crippen LogP contribution >= 0.6 is 0 Å². The van der Waals surface area contributed by atoms with Gasteiger partial charge in [-0.2, -0.15) is 0 Å². The van der Waals surface area contributed by atoms with Gasteiger partial charge in [0.15, 0.2) is 0 Å². The number of nitrogens with one attached hydrogen (secondary N) is 1. The van der Waals surface area contributed by atoms with E-state index in [0.29, 0.717) is 0 Å². The Balaban J connectivity index is 1.73. The first-order valence-electron chi connectivity index (χ1n) is 6.57. The van der Waals surface area contributed by atoms with E-state index in [1.54, 1.807) is 0 Å². The highest BCUT2D eigenvalue weighted by atomic mass is 15.1. The molecule has 2 nitrogen and oxygen atoms in total. The van der Waals surface area contributed by atoms with E-state index in [1.165, 1.54) is 38.5 Å². The van der Waals surface area contributed by atoms with Crippen molar-refractivity contribution in [2.45, 2.75) is 63.6 Å². The Hall–Kier alpha value is -0.0800. The van der Waals surface area contributed by atoms with Gasteiger partial charge in [0.1, 0.15) is 0 Å². The van der Waals surface area contributed by atoms with Gasteiger partial charge in [0.2, 0.25) is 0 Å². The van der Waals surface area contributed by atoms with Crippen LogP contribution in [-0.2, 0) is 0 Å². The van der Waals surface area contributed by atoms with Gasteiger partial charge < -0.3 is 10.2 Å². The second kappa shape index (κ2) is 4.84. The second-order valence-electron chi connectivity index (χ2n) is 5.91. The van der Waals surface area contributed by atoms with Crippen LogP contribution in [0.5, 0.6) is 0 Å². The van der Waals surface area contributed by atoms with Crippen molar-refractivity contribution < 1.29 is 0 Å². The quantitative estimate of drug-likeness (QED) is 0.768. The van der Waals surface area contributed by atoms with Crippen molar-refractivity contribution in [3.05, 3.63) is 0 Å². The van der Waals surface area contributed by atoms with E-state index in [2.05, 4.69) is 31.2 Å². The van der Waals surface area contributed by atoms with Crippen molar-refractivity contribution in [3.63, 3.8) is 0 Å². The summed E-state index contributed by atoms with van der Waals surface area (Å²) in [5.74, 6) is 0.952. The number of hydrogen-bond donors (Lipinski definition) is 1. The molecule has 0 amide bonds. The van der Waals surface area contributed by atoms with E-state index < -0.39 is 0 Å². The van der Waals surface area contributed by atoms with Crippen LogP contribution in [-0.4, -0.2) is 37.1 Å². The standard InChI is InChI=1S/C13H26N2/c1-10-4-5-11(8-10)14-12-6-7-13(9-12)15(2)3/h10-14H,4-9H2,1-3H3. The Morgan fingerprint density at radius 2 is 1.60 bits per heavy atom. The van der Waals surface area contributed by atoms with Crippen LogP contribution in [0.2, 0.25) is 0 Å². The Kier molecular flexibility index (Phi) is 3.68. The summed E-state index contributed by atoms with van der Waals surface area (Å²) in [5, 5.41) is 3.87. The maximum atomic E-state index is 3.87. The second-order valence-corrected chi connectivity index (χ2v) is 5.91. The molecule has 0 spiro atoms. The van der Waals surface area contributed by atoms with Crippen molar-refractivity contribution in [1.82, 2.24) is 10.2 Å². The largest absolute Gasteiger partial charge is 0.311 e. The van der Waals surface area contributed by atoms with Gasteiger partial charge in [0.25, 0.3) is 0 Å². The fourth-order valence-corrected chi connectivity index (χ4v) is 3.27. The zero-order valence-corrected chi connectivity index (χ0v) is 10.5. The van der Waals surface area contributed by atoms with Crippen LogP contribution in [0.15, 0.2) is 0 Å². The summed E-state index contributed by atoms with van der Waals surface area (Å²) in [5.41, 5.74) is 0. The molecule has 0 radical (unpaired) electrons. The third kappa shape index (κ3) is 2.94. The average molecular weight is 210 g/mol. The minimum Gasteiger partial charge on any atom is -0.311 e. The van der Waals surface area contributed by atoms with Crippen molar-refractivity contribution in [2.75, 3.05) is 14.1 Å². The summed E-state index contributed by atoms with van der Waals surface area (Å²) in [6.45, 7) is 2.39. The first-order valence-corrected chi connectivity index (χ1v) is 6.57. The average Bonchev–Trinajstić information content (AvgIpc) is 2.76. The molecule has 0 heterocycles. The van der Waals surface area contributed by atoms with Gasteiger partial charge in [0, 0.05) is 18.1 Å². The molecule has 0 saturated heterocycles. The van der Waals surface area contributed by atoms with Crippen molar-refractivity contribution >= 4 is 0 Å². The molecule has 0 bridgehead atoms. The Bertz CT molecular complexity index is 203. The Morgan fingerprint density at radius 1 is 0.933 bits per heavy atom. The molecular formula is C13H26N2. The molecule has 2 rings (SSSR count). The molecule has 0 aromatic rings. The highest BCUT2D eigenvalue weighted by Gasteiger charge is 2.29. The Labute approximate surface area is 94.4 Å². The lowest BCUT2D eigenvalue weighted by atomic mass is 10.1. The fourth-order valence-electron chi connectivity index (χ4n) is 3.27. The normalized spacial score (nSPS) is 41.6. The zero-order valence-electron chi connectivity index (χ0n) is 10.5. The molecule has 1 N–H and O–H groups in total. The molecule has 15 heavy (non-hydrogen) atoms. The highest BCUT2D eigenvalue weighted by molar-refractivity contribution is 4.89. The van der Waals surface area contributed by atoms with E-state index in [0.717, 1.165) is 24.0 Å². The van der Waals surface area contributed by atoms with Crippen molar-refractivity contribution in [3.8, 4) is 0 Å². The summed E-state index contributed by atoms with van der Waals surface area (Å²) in [4.78, 5) is 2.39. The highest BCUT2D eigenvalue weighted by Crippen LogP contribution is 2.28. The molecule has 4 unspecified atom stereocenters. The smallest absolute Gasteiger partial charge is 0.0105 e. The fraction of sp³-hybridized carbons (Fsp3) is 1.00. The van der Waals surface area contributed by atoms with Crippen LogP contribution in [0.25, 0.3) is 0 Å². The van der Waals surface area contributed by atoms with Gasteiger partial charge in [-0.3, -0.25) is 0 Å². The molecule has 2 heteroatoms. The molecule has 2 saturated carbocycles. The summed E-state index contributed by atoms with van der Waals surface area (Å²) in [6.07, 6.45) is 8.37. The minimum absolute atomic E-state index is 0.799. The maximum absolute atomic E-state index is 3.87. The van der Waals surface area contributed by atoms with E-state index in [4.69, 9.17) is 0 Å². The zero-order chi connectivity index (χ0) is 10.8. The first kappa shape index (κ1) is 11.4. The third-order valence-electron chi connectivity index (χ3n) is 4.30. The van der Waals surface area contributed by atoms with Crippen LogP contribution in [0, 0.1) is 5.92 Å². The lowest BCUT2D eigenvalue weighted by molar-refractivity contribution is 0.290. The maximum Gasteiger partial charge on any atom is 0.0105 e. The van der Waals surface area contributed by atoms with Gasteiger partial charge in [-0.25, -0.2) is 0 Å². The van der Waals surface area contributed by atoms with Gasteiger partial charge in [0.05, 0.1) is 0 Å². The van der Waals surface area contributed by atoms with Crippen LogP contribution in [0.3, 0.4) is 0 Å². The number of nitrogens with zero attached hydrogens (tertiary/aromatic N) is 1. The van der Waals surface area contributed by atoms with Crippen LogP contribution < -0.4 is 5.32 Å². The summed E-state index contributed by atoms with van der Waals surface area (Å²) >= 11 is 0. The summed E-state index contributed by atoms with van der Waals surface area (Å²) in [6, 6.07) is 2.44.